The van der Waals surface area contributed by atoms with Gasteiger partial charge in [0, 0.05) is 23.1 Å². The van der Waals surface area contributed by atoms with E-state index in [1.165, 1.54) is 27.8 Å². The van der Waals surface area contributed by atoms with E-state index in [-0.39, 0.29) is 12.3 Å². The molecule has 10 heteroatoms. The highest BCUT2D eigenvalue weighted by molar-refractivity contribution is 8.76. The van der Waals surface area contributed by atoms with E-state index in [0.717, 1.165) is 5.69 Å². The number of rotatable bonds is 10. The standard InChI is InChI=1S/C17H19Cl2N3O3S2/c1-2-14-12(17(25)20-6-8-27-26-7-5-16(23)24)10-21-22(14)15-4-3-11(18)9-13(15)19/h3-4,9-10H,2,5-8H2,1H3,(H,20,25)(H,23,24). The molecule has 2 rings (SSSR count). The minimum Gasteiger partial charge on any atom is -0.481 e. The fourth-order valence-electron chi connectivity index (χ4n) is 2.31. The number of aromatic nitrogens is 2. The minimum absolute atomic E-state index is 0.135. The van der Waals surface area contributed by atoms with Crippen LogP contribution in [0.2, 0.25) is 10.0 Å². The molecule has 1 aromatic carbocycles. The molecular formula is C17H19Cl2N3O3S2. The third-order valence-electron chi connectivity index (χ3n) is 3.54. The van der Waals surface area contributed by atoms with Crippen molar-refractivity contribution in [2.75, 3.05) is 18.1 Å². The van der Waals surface area contributed by atoms with Crippen molar-refractivity contribution in [3.63, 3.8) is 0 Å². The van der Waals surface area contributed by atoms with Crippen LogP contribution in [0.4, 0.5) is 0 Å². The molecular weight excluding hydrogens is 429 g/mol. The molecule has 0 aliphatic carbocycles. The molecule has 0 radical (unpaired) electrons. The summed E-state index contributed by atoms with van der Waals surface area (Å²) in [4.78, 5) is 22.9. The Morgan fingerprint density at radius 1 is 1.26 bits per heavy atom. The minimum atomic E-state index is -0.804. The lowest BCUT2D eigenvalue weighted by molar-refractivity contribution is -0.136. The lowest BCUT2D eigenvalue weighted by Gasteiger charge is -2.10. The predicted molar refractivity (Wildman–Crippen MR) is 112 cm³/mol. The SMILES string of the molecule is CCc1c(C(=O)NCCSSCCC(=O)O)cnn1-c1ccc(Cl)cc1Cl. The van der Waals surface area contributed by atoms with Gasteiger partial charge in [-0.05, 0) is 24.6 Å². The van der Waals surface area contributed by atoms with Crippen LogP contribution in [0.25, 0.3) is 5.69 Å². The number of nitrogens with zero attached hydrogens (tertiary/aromatic N) is 2. The van der Waals surface area contributed by atoms with Crippen LogP contribution in [-0.2, 0) is 11.2 Å². The topological polar surface area (TPSA) is 84.2 Å². The second-order valence-electron chi connectivity index (χ2n) is 5.41. The third kappa shape index (κ3) is 6.34. The van der Waals surface area contributed by atoms with Crippen molar-refractivity contribution in [3.05, 3.63) is 45.7 Å². The van der Waals surface area contributed by atoms with E-state index < -0.39 is 5.97 Å². The monoisotopic (exact) mass is 447 g/mol. The van der Waals surface area contributed by atoms with Gasteiger partial charge >= 0.3 is 5.97 Å². The van der Waals surface area contributed by atoms with Crippen LogP contribution < -0.4 is 5.32 Å². The summed E-state index contributed by atoms with van der Waals surface area (Å²) in [7, 11) is 3.02. The van der Waals surface area contributed by atoms with Crippen LogP contribution in [-0.4, -0.2) is 44.8 Å². The van der Waals surface area contributed by atoms with E-state index in [2.05, 4.69) is 10.4 Å². The molecule has 0 unspecified atom stereocenters. The van der Waals surface area contributed by atoms with E-state index in [0.29, 0.717) is 45.8 Å². The van der Waals surface area contributed by atoms with Crippen LogP contribution in [0.5, 0.6) is 0 Å². The molecule has 0 spiro atoms. The largest absolute Gasteiger partial charge is 0.481 e. The van der Waals surface area contributed by atoms with Crippen molar-refractivity contribution in [2.45, 2.75) is 19.8 Å². The number of benzene rings is 1. The fourth-order valence-corrected chi connectivity index (χ4v) is 4.69. The maximum Gasteiger partial charge on any atom is 0.304 e. The molecule has 1 aromatic heterocycles. The Bertz CT molecular complexity index is 815. The van der Waals surface area contributed by atoms with Gasteiger partial charge in [-0.2, -0.15) is 5.10 Å². The first-order chi connectivity index (χ1) is 12.9. The van der Waals surface area contributed by atoms with Crippen LogP contribution in [0.15, 0.2) is 24.4 Å². The summed E-state index contributed by atoms with van der Waals surface area (Å²) in [6.07, 6.45) is 2.28. The number of carbonyl (C=O) groups excluding carboxylic acids is 1. The van der Waals surface area contributed by atoms with E-state index in [1.807, 2.05) is 6.92 Å². The Morgan fingerprint density at radius 2 is 2.00 bits per heavy atom. The Morgan fingerprint density at radius 3 is 2.67 bits per heavy atom. The number of carboxylic acid groups (broad SMARTS) is 1. The lowest BCUT2D eigenvalue weighted by Crippen LogP contribution is -2.26. The van der Waals surface area contributed by atoms with E-state index in [4.69, 9.17) is 28.3 Å². The zero-order valence-corrected chi connectivity index (χ0v) is 17.7. The first kappa shape index (κ1) is 21.9. The van der Waals surface area contributed by atoms with E-state index in [9.17, 15) is 9.59 Å². The molecule has 0 atom stereocenters. The van der Waals surface area contributed by atoms with Crippen LogP contribution in [0.1, 0.15) is 29.4 Å². The Hall–Kier alpha value is -1.35. The summed E-state index contributed by atoms with van der Waals surface area (Å²) in [5.41, 5.74) is 1.94. The quantitative estimate of drug-likeness (QED) is 0.416. The average Bonchev–Trinajstić information content (AvgIpc) is 3.04. The Labute approximate surface area is 175 Å². The Kier molecular flexibility index (Phi) is 8.82. The van der Waals surface area contributed by atoms with E-state index >= 15 is 0 Å². The summed E-state index contributed by atoms with van der Waals surface area (Å²) in [5.74, 6) is 0.234. The number of amides is 1. The molecule has 0 saturated heterocycles. The summed E-state index contributed by atoms with van der Waals surface area (Å²) in [6.45, 7) is 2.43. The molecule has 1 heterocycles. The van der Waals surface area contributed by atoms with Crippen molar-refractivity contribution in [1.29, 1.82) is 0 Å². The average molecular weight is 448 g/mol. The molecule has 146 valence electrons. The van der Waals surface area contributed by atoms with Crippen molar-refractivity contribution in [3.8, 4) is 5.69 Å². The summed E-state index contributed by atoms with van der Waals surface area (Å²) < 4.78 is 1.66. The van der Waals surface area contributed by atoms with Gasteiger partial charge in [0.25, 0.3) is 5.91 Å². The van der Waals surface area contributed by atoms with Crippen molar-refractivity contribution >= 4 is 56.7 Å². The van der Waals surface area contributed by atoms with E-state index in [1.54, 1.807) is 22.9 Å². The zero-order chi connectivity index (χ0) is 19.8. The number of nitrogens with one attached hydrogen (secondary N) is 1. The first-order valence-corrected chi connectivity index (χ1v) is 11.4. The molecule has 2 N–H and O–H groups in total. The van der Waals surface area contributed by atoms with Crippen molar-refractivity contribution in [1.82, 2.24) is 15.1 Å². The number of aliphatic carboxylic acids is 1. The molecule has 0 bridgehead atoms. The maximum atomic E-state index is 12.5. The molecule has 0 aliphatic heterocycles. The predicted octanol–water partition coefficient (Wildman–Crippen LogP) is 4.33. The molecule has 0 fully saturated rings. The molecule has 0 saturated carbocycles. The molecule has 0 aliphatic rings. The molecule has 27 heavy (non-hydrogen) atoms. The van der Waals surface area contributed by atoms with Gasteiger partial charge in [-0.15, -0.1) is 0 Å². The van der Waals surface area contributed by atoms with Gasteiger partial charge in [-0.25, -0.2) is 4.68 Å². The number of halogens is 2. The second kappa shape index (κ2) is 10.8. The maximum absolute atomic E-state index is 12.5. The first-order valence-electron chi connectivity index (χ1n) is 8.20. The summed E-state index contributed by atoms with van der Waals surface area (Å²) >= 11 is 12.2. The molecule has 6 nitrogen and oxygen atoms in total. The smallest absolute Gasteiger partial charge is 0.304 e. The number of hydrogen-bond donors (Lipinski definition) is 2. The van der Waals surface area contributed by atoms with Gasteiger partial charge in [-0.1, -0.05) is 51.7 Å². The van der Waals surface area contributed by atoms with Gasteiger partial charge in [0.1, 0.15) is 0 Å². The highest BCUT2D eigenvalue weighted by Crippen LogP contribution is 2.26. The van der Waals surface area contributed by atoms with Gasteiger partial charge in [0.2, 0.25) is 0 Å². The van der Waals surface area contributed by atoms with Gasteiger partial charge in [0.05, 0.1) is 34.6 Å². The summed E-state index contributed by atoms with van der Waals surface area (Å²) in [6, 6.07) is 5.13. The van der Waals surface area contributed by atoms with Crippen LogP contribution >= 0.6 is 44.8 Å². The third-order valence-corrected chi connectivity index (χ3v) is 6.49. The fraction of sp³-hybridized carbons (Fsp3) is 0.353. The van der Waals surface area contributed by atoms with Crippen molar-refractivity contribution in [2.24, 2.45) is 0 Å². The van der Waals surface area contributed by atoms with Gasteiger partial charge in [0.15, 0.2) is 0 Å². The Balaban J connectivity index is 1.95. The van der Waals surface area contributed by atoms with Crippen molar-refractivity contribution < 1.29 is 14.7 Å². The number of carbonyl (C=O) groups is 2. The summed E-state index contributed by atoms with van der Waals surface area (Å²) in [5, 5.41) is 16.8. The van der Waals surface area contributed by atoms with Gasteiger partial charge in [-0.3, -0.25) is 9.59 Å². The van der Waals surface area contributed by atoms with Crippen LogP contribution in [0.3, 0.4) is 0 Å². The number of carboxylic acids is 1. The zero-order valence-electron chi connectivity index (χ0n) is 14.6. The normalized spacial score (nSPS) is 10.8. The molecule has 2 aromatic rings. The molecule has 1 amide bonds. The highest BCUT2D eigenvalue weighted by atomic mass is 35.5. The lowest BCUT2D eigenvalue weighted by atomic mass is 10.2. The second-order valence-corrected chi connectivity index (χ2v) is 8.96. The van der Waals surface area contributed by atoms with Crippen LogP contribution in [0, 0.1) is 0 Å². The van der Waals surface area contributed by atoms with Gasteiger partial charge < -0.3 is 10.4 Å². The number of hydrogen-bond acceptors (Lipinski definition) is 5. The highest BCUT2D eigenvalue weighted by Gasteiger charge is 2.18.